The molecule has 0 bridgehead atoms. The molecule has 3 heterocycles. The molecule has 0 fully saturated rings. The Morgan fingerprint density at radius 1 is 1.26 bits per heavy atom. The van der Waals surface area contributed by atoms with Crippen molar-refractivity contribution in [2.24, 2.45) is 4.99 Å². The van der Waals surface area contributed by atoms with Gasteiger partial charge in [-0.05, 0) is 25.1 Å². The normalized spacial score (nSPS) is 11.3. The Morgan fingerprint density at radius 3 is 3.00 bits per heavy atom. The van der Waals surface area contributed by atoms with E-state index in [0.717, 1.165) is 0 Å². The van der Waals surface area contributed by atoms with Crippen LogP contribution >= 0.6 is 0 Å². The van der Waals surface area contributed by atoms with E-state index in [4.69, 9.17) is 9.15 Å². The Kier molecular flexibility index (Phi) is 4.09. The van der Waals surface area contributed by atoms with Crippen molar-refractivity contribution in [1.29, 1.82) is 0 Å². The summed E-state index contributed by atoms with van der Waals surface area (Å²) in [7, 11) is 0. The lowest BCUT2D eigenvalue weighted by molar-refractivity contribution is 0.433. The van der Waals surface area contributed by atoms with E-state index >= 15 is 0 Å². The molecular formula is C18H13N5O4. The maximum absolute atomic E-state index is 11.8. The fraction of sp³-hybridized carbons (Fsp3) is 0.0556. The zero-order valence-corrected chi connectivity index (χ0v) is 14.1. The zero-order valence-electron chi connectivity index (χ0n) is 14.1. The molecule has 9 nitrogen and oxygen atoms in total. The second-order valence-electron chi connectivity index (χ2n) is 5.61. The fourth-order valence-corrected chi connectivity index (χ4v) is 2.38. The van der Waals surface area contributed by atoms with Gasteiger partial charge in [0, 0.05) is 24.4 Å². The Hall–Kier alpha value is -4.01. The maximum Gasteiger partial charge on any atom is 0.348 e. The van der Waals surface area contributed by atoms with E-state index in [1.54, 1.807) is 43.3 Å². The molecule has 1 N–H and O–H groups in total. The quantitative estimate of drug-likeness (QED) is 0.554. The lowest BCUT2D eigenvalue weighted by Crippen LogP contribution is -2.07. The molecule has 0 spiro atoms. The topological polar surface area (TPSA) is 115 Å². The molecule has 0 unspecified atom stereocenters. The van der Waals surface area contributed by atoms with Gasteiger partial charge in [0.2, 0.25) is 5.88 Å². The summed E-state index contributed by atoms with van der Waals surface area (Å²) in [5.41, 5.74) is 0.455. The van der Waals surface area contributed by atoms with E-state index in [9.17, 15) is 9.90 Å². The minimum atomic E-state index is -0.657. The minimum Gasteiger partial charge on any atom is -0.507 e. The predicted molar refractivity (Wildman–Crippen MR) is 95.9 cm³/mol. The summed E-state index contributed by atoms with van der Waals surface area (Å²) in [6, 6.07) is 11.7. The summed E-state index contributed by atoms with van der Waals surface area (Å²) in [4.78, 5) is 16.0. The standard InChI is InChI=1S/C18H13N5O4/c1-11-7-15(24)14(18(25)26-11)9-19-12-3-2-4-13(8-12)27-17-6-5-16-21-20-10-23(16)22-17/h2-10,24H,1H3. The van der Waals surface area contributed by atoms with Crippen LogP contribution in [0.25, 0.3) is 5.65 Å². The molecule has 1 aromatic carbocycles. The smallest absolute Gasteiger partial charge is 0.348 e. The van der Waals surface area contributed by atoms with Crippen LogP contribution in [0.5, 0.6) is 17.4 Å². The number of ether oxygens (including phenoxy) is 1. The zero-order chi connectivity index (χ0) is 18.8. The van der Waals surface area contributed by atoms with Crippen molar-refractivity contribution in [2.45, 2.75) is 6.92 Å². The van der Waals surface area contributed by atoms with Crippen LogP contribution in [0.1, 0.15) is 11.3 Å². The lowest BCUT2D eigenvalue weighted by Gasteiger charge is -2.05. The highest BCUT2D eigenvalue weighted by molar-refractivity contribution is 5.84. The highest BCUT2D eigenvalue weighted by atomic mass is 16.5. The summed E-state index contributed by atoms with van der Waals surface area (Å²) in [5, 5.41) is 21.7. The third kappa shape index (κ3) is 3.52. The molecule has 9 heteroatoms. The van der Waals surface area contributed by atoms with E-state index in [1.165, 1.54) is 23.1 Å². The number of aromatic hydroxyl groups is 1. The van der Waals surface area contributed by atoms with Crippen LogP contribution in [-0.2, 0) is 0 Å². The molecule has 0 saturated heterocycles. The van der Waals surface area contributed by atoms with Gasteiger partial charge in [-0.3, -0.25) is 4.99 Å². The number of hydrogen-bond acceptors (Lipinski definition) is 8. The van der Waals surface area contributed by atoms with E-state index < -0.39 is 5.63 Å². The molecule has 134 valence electrons. The van der Waals surface area contributed by atoms with E-state index in [1.807, 2.05) is 0 Å². The maximum atomic E-state index is 11.8. The molecule has 0 saturated carbocycles. The number of benzene rings is 1. The van der Waals surface area contributed by atoms with Gasteiger partial charge >= 0.3 is 5.63 Å². The molecule has 4 rings (SSSR count). The largest absolute Gasteiger partial charge is 0.507 e. The molecule has 27 heavy (non-hydrogen) atoms. The van der Waals surface area contributed by atoms with Crippen LogP contribution < -0.4 is 10.4 Å². The summed E-state index contributed by atoms with van der Waals surface area (Å²) in [6.45, 7) is 1.58. The Morgan fingerprint density at radius 2 is 2.15 bits per heavy atom. The highest BCUT2D eigenvalue weighted by Crippen LogP contribution is 2.24. The number of fused-ring (bicyclic) bond motifs is 1. The van der Waals surface area contributed by atoms with Gasteiger partial charge < -0.3 is 14.3 Å². The van der Waals surface area contributed by atoms with Crippen molar-refractivity contribution >= 4 is 17.5 Å². The highest BCUT2D eigenvalue weighted by Gasteiger charge is 2.07. The van der Waals surface area contributed by atoms with Gasteiger partial charge in [-0.15, -0.1) is 15.3 Å². The average Bonchev–Trinajstić information content (AvgIpc) is 3.09. The number of aliphatic imine (C=N–C) groups is 1. The third-order valence-electron chi connectivity index (χ3n) is 3.61. The average molecular weight is 363 g/mol. The number of nitrogens with zero attached hydrogens (tertiary/aromatic N) is 5. The van der Waals surface area contributed by atoms with Gasteiger partial charge in [0.15, 0.2) is 5.65 Å². The summed E-state index contributed by atoms with van der Waals surface area (Å²) < 4.78 is 12.2. The second-order valence-corrected chi connectivity index (χ2v) is 5.61. The molecule has 0 aliphatic heterocycles. The Labute approximate surface area is 152 Å². The van der Waals surface area contributed by atoms with Crippen molar-refractivity contribution in [3.05, 3.63) is 70.5 Å². The number of aromatic nitrogens is 4. The lowest BCUT2D eigenvalue weighted by atomic mass is 10.2. The Bertz CT molecular complexity index is 1210. The Balaban J connectivity index is 1.58. The van der Waals surface area contributed by atoms with Crippen molar-refractivity contribution < 1.29 is 14.3 Å². The van der Waals surface area contributed by atoms with Crippen LogP contribution in [0.3, 0.4) is 0 Å². The number of rotatable bonds is 4. The molecule has 3 aromatic heterocycles. The van der Waals surface area contributed by atoms with E-state index in [2.05, 4.69) is 20.3 Å². The van der Waals surface area contributed by atoms with Gasteiger partial charge in [0.25, 0.3) is 0 Å². The molecule has 0 amide bonds. The molecule has 0 atom stereocenters. The van der Waals surface area contributed by atoms with Crippen LogP contribution in [0.2, 0.25) is 0 Å². The summed E-state index contributed by atoms with van der Waals surface area (Å²) in [6.07, 6.45) is 2.73. The first-order valence-corrected chi connectivity index (χ1v) is 7.91. The van der Waals surface area contributed by atoms with Gasteiger partial charge in [-0.1, -0.05) is 6.07 Å². The van der Waals surface area contributed by atoms with Crippen LogP contribution in [0.15, 0.2) is 63.0 Å². The van der Waals surface area contributed by atoms with Crippen molar-refractivity contribution in [1.82, 2.24) is 19.8 Å². The molecular weight excluding hydrogens is 350 g/mol. The first-order valence-electron chi connectivity index (χ1n) is 7.91. The molecule has 4 aromatic rings. The number of hydrogen-bond donors (Lipinski definition) is 1. The minimum absolute atomic E-state index is 0.0216. The summed E-state index contributed by atoms with van der Waals surface area (Å²) in [5.74, 6) is 0.999. The van der Waals surface area contributed by atoms with Crippen LogP contribution in [0, 0.1) is 6.92 Å². The molecule has 0 aliphatic rings. The van der Waals surface area contributed by atoms with E-state index in [0.29, 0.717) is 28.7 Å². The summed E-state index contributed by atoms with van der Waals surface area (Å²) >= 11 is 0. The van der Waals surface area contributed by atoms with Gasteiger partial charge in [-0.2, -0.15) is 4.52 Å². The second kappa shape index (κ2) is 6.71. The SMILES string of the molecule is Cc1cc(O)c(C=Nc2cccc(Oc3ccc4nncn4n3)c2)c(=O)o1. The fourth-order valence-electron chi connectivity index (χ4n) is 2.38. The molecule has 0 radical (unpaired) electrons. The number of aryl methyl sites for hydroxylation is 1. The van der Waals surface area contributed by atoms with Gasteiger partial charge in [-0.25, -0.2) is 4.79 Å². The van der Waals surface area contributed by atoms with E-state index in [-0.39, 0.29) is 11.3 Å². The van der Waals surface area contributed by atoms with Crippen LogP contribution in [0.4, 0.5) is 5.69 Å². The predicted octanol–water partition coefficient (Wildman–Crippen LogP) is 2.63. The molecule has 0 aliphatic carbocycles. The first-order chi connectivity index (χ1) is 13.1. The first kappa shape index (κ1) is 16.5. The van der Waals surface area contributed by atoms with Crippen molar-refractivity contribution in [3.63, 3.8) is 0 Å². The van der Waals surface area contributed by atoms with Crippen molar-refractivity contribution in [2.75, 3.05) is 0 Å². The monoisotopic (exact) mass is 363 g/mol. The van der Waals surface area contributed by atoms with Gasteiger partial charge in [0.05, 0.1) is 5.69 Å². The third-order valence-corrected chi connectivity index (χ3v) is 3.61. The van der Waals surface area contributed by atoms with Gasteiger partial charge in [0.1, 0.15) is 29.2 Å². The van der Waals surface area contributed by atoms with Crippen LogP contribution in [-0.4, -0.2) is 31.1 Å². The van der Waals surface area contributed by atoms with Crippen molar-refractivity contribution in [3.8, 4) is 17.4 Å².